The van der Waals surface area contributed by atoms with Crippen molar-refractivity contribution in [2.75, 3.05) is 26.4 Å². The summed E-state index contributed by atoms with van der Waals surface area (Å²) in [5.41, 5.74) is 0. The van der Waals surface area contributed by atoms with Gasteiger partial charge in [-0.15, -0.1) is 0 Å². The lowest BCUT2D eigenvalue weighted by atomic mass is 9.95. The van der Waals surface area contributed by atoms with E-state index in [1.165, 1.54) is 51.6 Å². The Morgan fingerprint density at radius 2 is 1.82 bits per heavy atom. The fraction of sp³-hybridized carbons (Fsp3) is 0.867. The maximum atomic E-state index is 5.96. The number of fused-ring (bicyclic) bond motifs is 2. The van der Waals surface area contributed by atoms with E-state index in [-0.39, 0.29) is 0 Å². The summed E-state index contributed by atoms with van der Waals surface area (Å²) in [5.74, 6) is 2.54. The van der Waals surface area contributed by atoms with Crippen molar-refractivity contribution in [3.05, 3.63) is 12.2 Å². The Morgan fingerprint density at radius 3 is 2.47 bits per heavy atom. The maximum absolute atomic E-state index is 5.96. The molecule has 0 aromatic rings. The topological polar surface area (TPSA) is 12.5 Å². The summed E-state index contributed by atoms with van der Waals surface area (Å²) in [5, 5.41) is 0. The van der Waals surface area contributed by atoms with Gasteiger partial charge in [-0.3, -0.25) is 4.90 Å². The van der Waals surface area contributed by atoms with Gasteiger partial charge in [0.05, 0.1) is 13.3 Å². The molecule has 1 aliphatic heterocycles. The first-order chi connectivity index (χ1) is 8.42. The summed E-state index contributed by atoms with van der Waals surface area (Å²) in [6, 6.07) is 0. The second-order valence-electron chi connectivity index (χ2n) is 6.07. The van der Waals surface area contributed by atoms with Crippen molar-refractivity contribution in [3.8, 4) is 0 Å². The van der Waals surface area contributed by atoms with Gasteiger partial charge in [0.1, 0.15) is 0 Å². The van der Waals surface area contributed by atoms with E-state index in [2.05, 4.69) is 17.1 Å². The molecule has 0 radical (unpaired) electrons. The molecule has 2 fully saturated rings. The van der Waals surface area contributed by atoms with Crippen LogP contribution in [0.1, 0.15) is 38.5 Å². The molecule has 3 atom stereocenters. The summed E-state index contributed by atoms with van der Waals surface area (Å²) >= 11 is 0. The van der Waals surface area contributed by atoms with E-state index in [1.807, 2.05) is 0 Å². The second kappa shape index (κ2) is 5.53. The van der Waals surface area contributed by atoms with E-state index < -0.39 is 0 Å². The monoisotopic (exact) mass is 235 g/mol. The van der Waals surface area contributed by atoms with Crippen molar-refractivity contribution < 1.29 is 4.74 Å². The second-order valence-corrected chi connectivity index (χ2v) is 6.07. The summed E-state index contributed by atoms with van der Waals surface area (Å²) in [6.07, 6.45) is 13.2. The van der Waals surface area contributed by atoms with Crippen molar-refractivity contribution in [2.45, 2.75) is 38.5 Å². The number of allylic oxidation sites excluding steroid dienone is 2. The highest BCUT2D eigenvalue weighted by Gasteiger charge is 2.35. The van der Waals surface area contributed by atoms with Gasteiger partial charge in [-0.2, -0.15) is 0 Å². The molecular formula is C15H25NO. The Bertz CT molecular complexity index is 268. The molecule has 96 valence electrons. The molecule has 1 saturated carbocycles. The quantitative estimate of drug-likeness (QED) is 0.694. The SMILES string of the molecule is C1=CC2CC1CC2COCN1CCCCCC1. The van der Waals surface area contributed by atoms with Crippen LogP contribution in [0.25, 0.3) is 0 Å². The normalized spacial score (nSPS) is 37.5. The van der Waals surface area contributed by atoms with Crippen LogP contribution in [0.15, 0.2) is 12.2 Å². The van der Waals surface area contributed by atoms with E-state index >= 15 is 0 Å². The first kappa shape index (κ1) is 11.7. The Morgan fingerprint density at radius 1 is 1.00 bits per heavy atom. The third-order valence-electron chi connectivity index (χ3n) is 4.72. The fourth-order valence-electron chi connectivity index (χ4n) is 3.68. The molecule has 0 aromatic heterocycles. The predicted octanol–water partition coefficient (Wildman–Crippen LogP) is 3.05. The number of hydrogen-bond acceptors (Lipinski definition) is 2. The fourth-order valence-corrected chi connectivity index (χ4v) is 3.68. The average molecular weight is 235 g/mol. The minimum absolute atomic E-state index is 0.817. The third kappa shape index (κ3) is 2.92. The Labute approximate surface area is 105 Å². The Kier molecular flexibility index (Phi) is 3.82. The largest absolute Gasteiger partial charge is 0.366 e. The molecule has 1 saturated heterocycles. The lowest BCUT2D eigenvalue weighted by molar-refractivity contribution is 0.00821. The van der Waals surface area contributed by atoms with E-state index in [4.69, 9.17) is 4.74 Å². The van der Waals surface area contributed by atoms with Crippen LogP contribution in [-0.2, 0) is 4.74 Å². The molecule has 1 heterocycles. The van der Waals surface area contributed by atoms with E-state index in [1.54, 1.807) is 0 Å². The number of hydrogen-bond donors (Lipinski definition) is 0. The summed E-state index contributed by atoms with van der Waals surface area (Å²) in [6.45, 7) is 4.35. The van der Waals surface area contributed by atoms with Gasteiger partial charge in [-0.05, 0) is 43.4 Å². The van der Waals surface area contributed by atoms with E-state index in [9.17, 15) is 0 Å². The van der Waals surface area contributed by atoms with Crippen molar-refractivity contribution in [1.29, 1.82) is 0 Å². The minimum atomic E-state index is 0.817. The van der Waals surface area contributed by atoms with Gasteiger partial charge in [-0.25, -0.2) is 0 Å². The molecule has 2 heteroatoms. The number of nitrogens with zero attached hydrogens (tertiary/aromatic N) is 1. The first-order valence-electron chi connectivity index (χ1n) is 7.40. The molecule has 3 aliphatic rings. The standard InChI is InChI=1S/C15H25NO/c1-2-4-8-16(7-3-1)12-17-11-15-10-13-5-6-14(15)9-13/h5-6,13-15H,1-4,7-12H2. The Balaban J connectivity index is 1.36. The average Bonchev–Trinajstić information content (AvgIpc) is 2.85. The zero-order valence-electron chi connectivity index (χ0n) is 10.8. The van der Waals surface area contributed by atoms with Crippen LogP contribution in [-0.4, -0.2) is 31.3 Å². The molecule has 3 rings (SSSR count). The van der Waals surface area contributed by atoms with Gasteiger partial charge in [0.15, 0.2) is 0 Å². The van der Waals surface area contributed by atoms with Gasteiger partial charge in [0, 0.05) is 13.1 Å². The van der Waals surface area contributed by atoms with Gasteiger partial charge in [0.2, 0.25) is 0 Å². The van der Waals surface area contributed by atoms with Crippen LogP contribution in [0.3, 0.4) is 0 Å². The summed E-state index contributed by atoms with van der Waals surface area (Å²) in [7, 11) is 0. The maximum Gasteiger partial charge on any atom is 0.0990 e. The number of likely N-dealkylation sites (tertiary alicyclic amines) is 1. The van der Waals surface area contributed by atoms with E-state index in [0.717, 1.165) is 31.1 Å². The lowest BCUT2D eigenvalue weighted by Crippen LogP contribution is -2.29. The number of ether oxygens (including phenoxy) is 1. The van der Waals surface area contributed by atoms with Crippen molar-refractivity contribution in [3.63, 3.8) is 0 Å². The minimum Gasteiger partial charge on any atom is -0.366 e. The van der Waals surface area contributed by atoms with Gasteiger partial charge < -0.3 is 4.74 Å². The predicted molar refractivity (Wildman–Crippen MR) is 69.7 cm³/mol. The highest BCUT2D eigenvalue weighted by atomic mass is 16.5. The highest BCUT2D eigenvalue weighted by Crippen LogP contribution is 2.43. The highest BCUT2D eigenvalue weighted by molar-refractivity contribution is 5.09. The molecule has 0 N–H and O–H groups in total. The molecule has 0 spiro atoms. The molecule has 2 bridgehead atoms. The van der Waals surface area contributed by atoms with Crippen LogP contribution in [0.2, 0.25) is 0 Å². The molecule has 0 amide bonds. The zero-order valence-corrected chi connectivity index (χ0v) is 10.8. The van der Waals surface area contributed by atoms with Crippen molar-refractivity contribution >= 4 is 0 Å². The first-order valence-corrected chi connectivity index (χ1v) is 7.40. The third-order valence-corrected chi connectivity index (χ3v) is 4.72. The molecule has 3 unspecified atom stereocenters. The van der Waals surface area contributed by atoms with Gasteiger partial charge in [-0.1, -0.05) is 25.0 Å². The molecule has 2 aliphatic carbocycles. The van der Waals surface area contributed by atoms with Gasteiger partial charge in [0.25, 0.3) is 0 Å². The summed E-state index contributed by atoms with van der Waals surface area (Å²) < 4.78 is 5.96. The van der Waals surface area contributed by atoms with Crippen LogP contribution in [0.4, 0.5) is 0 Å². The van der Waals surface area contributed by atoms with Crippen LogP contribution < -0.4 is 0 Å². The molecule has 17 heavy (non-hydrogen) atoms. The lowest BCUT2D eigenvalue weighted by Gasteiger charge is -2.23. The zero-order chi connectivity index (χ0) is 11.5. The van der Waals surface area contributed by atoms with Crippen LogP contribution >= 0.6 is 0 Å². The Hall–Kier alpha value is -0.340. The smallest absolute Gasteiger partial charge is 0.0990 e. The molecular weight excluding hydrogens is 210 g/mol. The summed E-state index contributed by atoms with van der Waals surface area (Å²) in [4.78, 5) is 2.50. The van der Waals surface area contributed by atoms with Crippen LogP contribution in [0.5, 0.6) is 0 Å². The van der Waals surface area contributed by atoms with Gasteiger partial charge >= 0.3 is 0 Å². The molecule has 2 nitrogen and oxygen atoms in total. The van der Waals surface area contributed by atoms with E-state index in [0.29, 0.717) is 0 Å². The number of rotatable bonds is 4. The van der Waals surface area contributed by atoms with Crippen LogP contribution in [0, 0.1) is 17.8 Å². The van der Waals surface area contributed by atoms with Crippen molar-refractivity contribution in [1.82, 2.24) is 4.90 Å². The van der Waals surface area contributed by atoms with Crippen molar-refractivity contribution in [2.24, 2.45) is 17.8 Å². The molecule has 0 aromatic carbocycles.